The van der Waals surface area contributed by atoms with E-state index in [0.717, 1.165) is 4.31 Å². The van der Waals surface area contributed by atoms with E-state index in [4.69, 9.17) is 5.11 Å². The monoisotopic (exact) mass is 238 g/mol. The molecule has 2 N–H and O–H groups in total. The van der Waals surface area contributed by atoms with Gasteiger partial charge in [-0.15, -0.1) is 0 Å². The molecule has 0 rings (SSSR count). The summed E-state index contributed by atoms with van der Waals surface area (Å²) < 4.78 is 26.3. The van der Waals surface area contributed by atoms with Crippen LogP contribution in [-0.4, -0.2) is 43.4 Å². The standard InChI is InChI=1S/C8H18N2O4S/c1-4-10(6-8(11)12)15(13,14)9-5-7(2)3/h7,9H,4-6H2,1-3H3,(H,11,12). The minimum absolute atomic E-state index is 0.139. The van der Waals surface area contributed by atoms with Crippen molar-refractivity contribution in [2.75, 3.05) is 19.6 Å². The molecule has 0 aliphatic carbocycles. The quantitative estimate of drug-likeness (QED) is 0.647. The Morgan fingerprint density at radius 3 is 2.33 bits per heavy atom. The first-order valence-corrected chi connectivity index (χ1v) is 6.20. The van der Waals surface area contributed by atoms with Crippen LogP contribution in [0.15, 0.2) is 0 Å². The summed E-state index contributed by atoms with van der Waals surface area (Å²) in [5.74, 6) is -0.977. The van der Waals surface area contributed by atoms with Gasteiger partial charge in [-0.3, -0.25) is 4.79 Å². The summed E-state index contributed by atoms with van der Waals surface area (Å²) in [5, 5.41) is 8.52. The van der Waals surface area contributed by atoms with Crippen LogP contribution in [0.25, 0.3) is 0 Å². The van der Waals surface area contributed by atoms with E-state index in [1.165, 1.54) is 0 Å². The maximum atomic E-state index is 11.6. The maximum absolute atomic E-state index is 11.6. The Hall–Kier alpha value is -0.660. The number of hydrogen-bond acceptors (Lipinski definition) is 3. The second-order valence-corrected chi connectivity index (χ2v) is 5.32. The SMILES string of the molecule is CCN(CC(=O)O)S(=O)(=O)NCC(C)C. The van der Waals surface area contributed by atoms with Crippen molar-refractivity contribution in [3.8, 4) is 0 Å². The highest BCUT2D eigenvalue weighted by Gasteiger charge is 2.22. The van der Waals surface area contributed by atoms with E-state index in [1.807, 2.05) is 13.8 Å². The van der Waals surface area contributed by atoms with E-state index in [0.29, 0.717) is 6.54 Å². The summed E-state index contributed by atoms with van der Waals surface area (Å²) in [6, 6.07) is 0. The molecular formula is C8H18N2O4S. The Labute approximate surface area is 90.5 Å². The minimum Gasteiger partial charge on any atom is -0.480 e. The van der Waals surface area contributed by atoms with E-state index >= 15 is 0 Å². The highest BCUT2D eigenvalue weighted by atomic mass is 32.2. The Balaban J connectivity index is 4.45. The molecule has 0 saturated heterocycles. The summed E-state index contributed by atoms with van der Waals surface area (Å²) in [6.07, 6.45) is 0. The van der Waals surface area contributed by atoms with Crippen LogP contribution in [0.3, 0.4) is 0 Å². The third-order valence-corrected chi connectivity index (χ3v) is 3.28. The second kappa shape index (κ2) is 6.04. The van der Waals surface area contributed by atoms with Crippen LogP contribution in [0, 0.1) is 5.92 Å². The molecule has 0 saturated carbocycles. The number of aliphatic carboxylic acids is 1. The van der Waals surface area contributed by atoms with Crippen molar-refractivity contribution in [2.24, 2.45) is 5.92 Å². The van der Waals surface area contributed by atoms with Gasteiger partial charge in [0.1, 0.15) is 6.54 Å². The van der Waals surface area contributed by atoms with Gasteiger partial charge in [-0.25, -0.2) is 4.72 Å². The van der Waals surface area contributed by atoms with Gasteiger partial charge in [0.05, 0.1) is 0 Å². The molecule has 7 heteroatoms. The Morgan fingerprint density at radius 2 is 2.00 bits per heavy atom. The minimum atomic E-state index is -3.66. The van der Waals surface area contributed by atoms with Gasteiger partial charge < -0.3 is 5.11 Å². The molecule has 0 aliphatic rings. The normalized spacial score (nSPS) is 12.3. The predicted molar refractivity (Wildman–Crippen MR) is 56.6 cm³/mol. The van der Waals surface area contributed by atoms with E-state index < -0.39 is 22.7 Å². The largest absolute Gasteiger partial charge is 0.480 e. The zero-order valence-electron chi connectivity index (χ0n) is 9.23. The molecular weight excluding hydrogens is 220 g/mol. The Kier molecular flexibility index (Phi) is 5.77. The maximum Gasteiger partial charge on any atom is 0.318 e. The highest BCUT2D eigenvalue weighted by Crippen LogP contribution is 1.98. The molecule has 0 spiro atoms. The van der Waals surface area contributed by atoms with Crippen molar-refractivity contribution in [1.29, 1.82) is 0 Å². The molecule has 6 nitrogen and oxygen atoms in total. The van der Waals surface area contributed by atoms with Crippen molar-refractivity contribution in [3.05, 3.63) is 0 Å². The molecule has 0 aromatic rings. The van der Waals surface area contributed by atoms with E-state index in [1.54, 1.807) is 6.92 Å². The van der Waals surface area contributed by atoms with Gasteiger partial charge in [0, 0.05) is 13.1 Å². The summed E-state index contributed by atoms with van der Waals surface area (Å²) in [5.41, 5.74) is 0. The number of carbonyl (C=O) groups is 1. The summed E-state index contributed by atoms with van der Waals surface area (Å²) >= 11 is 0. The second-order valence-electron chi connectivity index (χ2n) is 3.57. The lowest BCUT2D eigenvalue weighted by molar-refractivity contribution is -0.137. The molecule has 0 aromatic carbocycles. The summed E-state index contributed by atoms with van der Waals surface area (Å²) in [4.78, 5) is 10.4. The number of nitrogens with zero attached hydrogens (tertiary/aromatic N) is 1. The van der Waals surface area contributed by atoms with Crippen molar-refractivity contribution in [1.82, 2.24) is 9.03 Å². The molecule has 0 unspecified atom stereocenters. The lowest BCUT2D eigenvalue weighted by Crippen LogP contribution is -2.44. The lowest BCUT2D eigenvalue weighted by Gasteiger charge is -2.19. The Bertz CT molecular complexity index is 300. The average molecular weight is 238 g/mol. The van der Waals surface area contributed by atoms with Crippen LogP contribution < -0.4 is 4.72 Å². The molecule has 0 aliphatic heterocycles. The van der Waals surface area contributed by atoms with Gasteiger partial charge in [-0.05, 0) is 5.92 Å². The molecule has 0 bridgehead atoms. The van der Waals surface area contributed by atoms with Crippen molar-refractivity contribution >= 4 is 16.2 Å². The zero-order chi connectivity index (χ0) is 12.1. The molecule has 0 radical (unpaired) electrons. The number of nitrogens with one attached hydrogen (secondary N) is 1. The molecule has 0 heterocycles. The van der Waals surface area contributed by atoms with Gasteiger partial charge >= 0.3 is 5.97 Å². The molecule has 90 valence electrons. The third kappa shape index (κ3) is 5.71. The number of carboxylic acids is 1. The average Bonchev–Trinajstić information content (AvgIpc) is 2.10. The third-order valence-electron chi connectivity index (χ3n) is 1.68. The Morgan fingerprint density at radius 1 is 1.47 bits per heavy atom. The molecule has 15 heavy (non-hydrogen) atoms. The number of likely N-dealkylation sites (N-methyl/N-ethyl adjacent to an activating group) is 1. The van der Waals surface area contributed by atoms with E-state index in [2.05, 4.69) is 4.72 Å². The van der Waals surface area contributed by atoms with Crippen LogP contribution in [-0.2, 0) is 15.0 Å². The van der Waals surface area contributed by atoms with Crippen molar-refractivity contribution in [2.45, 2.75) is 20.8 Å². The van der Waals surface area contributed by atoms with Crippen LogP contribution in [0.4, 0.5) is 0 Å². The molecule has 0 amide bonds. The van der Waals surface area contributed by atoms with E-state index in [-0.39, 0.29) is 12.5 Å². The lowest BCUT2D eigenvalue weighted by atomic mass is 10.2. The molecule has 0 aromatic heterocycles. The van der Waals surface area contributed by atoms with Gasteiger partial charge in [-0.2, -0.15) is 12.7 Å². The van der Waals surface area contributed by atoms with Gasteiger partial charge in [0.25, 0.3) is 10.2 Å². The van der Waals surface area contributed by atoms with Gasteiger partial charge in [0.2, 0.25) is 0 Å². The first kappa shape index (κ1) is 14.3. The smallest absolute Gasteiger partial charge is 0.318 e. The van der Waals surface area contributed by atoms with Crippen molar-refractivity contribution < 1.29 is 18.3 Å². The fourth-order valence-electron chi connectivity index (χ4n) is 0.881. The van der Waals surface area contributed by atoms with Gasteiger partial charge in [-0.1, -0.05) is 20.8 Å². The first-order chi connectivity index (χ1) is 6.79. The summed E-state index contributed by atoms with van der Waals surface area (Å²) in [6.45, 7) is 5.27. The number of carboxylic acid groups (broad SMARTS) is 1. The van der Waals surface area contributed by atoms with Gasteiger partial charge in [0.15, 0.2) is 0 Å². The fraction of sp³-hybridized carbons (Fsp3) is 0.875. The first-order valence-electron chi connectivity index (χ1n) is 4.76. The van der Waals surface area contributed by atoms with Crippen molar-refractivity contribution in [3.63, 3.8) is 0 Å². The number of hydrogen-bond donors (Lipinski definition) is 2. The predicted octanol–water partition coefficient (Wildman–Crippen LogP) is -0.117. The fourth-order valence-corrected chi connectivity index (χ4v) is 2.23. The van der Waals surface area contributed by atoms with Crippen LogP contribution in [0.2, 0.25) is 0 Å². The number of rotatable bonds is 7. The molecule has 0 fully saturated rings. The topological polar surface area (TPSA) is 86.7 Å². The van der Waals surface area contributed by atoms with Crippen LogP contribution in [0.1, 0.15) is 20.8 Å². The highest BCUT2D eigenvalue weighted by molar-refractivity contribution is 7.87. The molecule has 0 atom stereocenters. The van der Waals surface area contributed by atoms with Crippen LogP contribution in [0.5, 0.6) is 0 Å². The van der Waals surface area contributed by atoms with Crippen LogP contribution >= 0.6 is 0 Å². The summed E-state index contributed by atoms with van der Waals surface area (Å²) in [7, 11) is -3.66. The van der Waals surface area contributed by atoms with E-state index in [9.17, 15) is 13.2 Å². The zero-order valence-corrected chi connectivity index (χ0v) is 10.0.